The van der Waals surface area contributed by atoms with Crippen molar-refractivity contribution in [3.63, 3.8) is 0 Å². The molecule has 1 fully saturated rings. The first-order valence-electron chi connectivity index (χ1n) is 8.02. The van der Waals surface area contributed by atoms with Gasteiger partial charge in [0.15, 0.2) is 5.58 Å². The van der Waals surface area contributed by atoms with Gasteiger partial charge in [0.1, 0.15) is 11.4 Å². The van der Waals surface area contributed by atoms with E-state index < -0.39 is 0 Å². The van der Waals surface area contributed by atoms with Gasteiger partial charge < -0.3 is 14.6 Å². The topological polar surface area (TPSA) is 64.4 Å². The van der Waals surface area contributed by atoms with E-state index in [4.69, 9.17) is 9.26 Å². The van der Waals surface area contributed by atoms with E-state index in [0.29, 0.717) is 17.2 Å². The van der Waals surface area contributed by atoms with Gasteiger partial charge in [0.05, 0.1) is 13.5 Å². The van der Waals surface area contributed by atoms with Crippen LogP contribution in [0, 0.1) is 0 Å². The molecule has 1 saturated carbocycles. The van der Waals surface area contributed by atoms with Crippen LogP contribution in [0.15, 0.2) is 53.1 Å². The first-order valence-corrected chi connectivity index (χ1v) is 8.02. The molecule has 1 aromatic heterocycles. The smallest absolute Gasteiger partial charge is 0.226 e. The Morgan fingerprint density at radius 3 is 2.92 bits per heavy atom. The highest BCUT2D eigenvalue weighted by Gasteiger charge is 2.41. The van der Waals surface area contributed by atoms with Crippen molar-refractivity contribution in [2.75, 3.05) is 7.11 Å². The lowest BCUT2D eigenvalue weighted by atomic mass is 10.1. The third-order valence-corrected chi connectivity index (χ3v) is 4.46. The largest absolute Gasteiger partial charge is 0.496 e. The van der Waals surface area contributed by atoms with Crippen molar-refractivity contribution in [2.24, 2.45) is 0 Å². The maximum atomic E-state index is 12.3. The second kappa shape index (κ2) is 6.00. The Morgan fingerprint density at radius 2 is 2.04 bits per heavy atom. The van der Waals surface area contributed by atoms with Crippen molar-refractivity contribution in [1.82, 2.24) is 10.5 Å². The van der Waals surface area contributed by atoms with Crippen molar-refractivity contribution >= 4 is 16.9 Å². The molecule has 1 aliphatic carbocycles. The summed E-state index contributed by atoms with van der Waals surface area (Å²) in [4.78, 5) is 12.3. The van der Waals surface area contributed by atoms with Gasteiger partial charge in [0.2, 0.25) is 5.91 Å². The van der Waals surface area contributed by atoms with Gasteiger partial charge in [-0.2, -0.15) is 0 Å². The molecule has 0 saturated heterocycles. The zero-order valence-corrected chi connectivity index (χ0v) is 13.4. The van der Waals surface area contributed by atoms with Crippen molar-refractivity contribution in [3.05, 3.63) is 59.8 Å². The van der Waals surface area contributed by atoms with Gasteiger partial charge in [-0.05, 0) is 30.2 Å². The molecular weight excluding hydrogens is 304 g/mol. The monoisotopic (exact) mass is 322 g/mol. The number of carbonyl (C=O) groups excluding carboxylic acids is 1. The summed E-state index contributed by atoms with van der Waals surface area (Å²) in [7, 11) is 1.67. The molecule has 2 aromatic carbocycles. The van der Waals surface area contributed by atoms with Gasteiger partial charge in [0, 0.05) is 17.3 Å². The fraction of sp³-hybridized carbons (Fsp3) is 0.263. The van der Waals surface area contributed by atoms with E-state index in [1.807, 2.05) is 42.5 Å². The minimum Gasteiger partial charge on any atom is -0.496 e. The number of nitrogens with one attached hydrogen (secondary N) is 1. The number of benzene rings is 2. The minimum absolute atomic E-state index is 0.0311. The van der Waals surface area contributed by atoms with Crippen LogP contribution in [0.5, 0.6) is 5.75 Å². The maximum absolute atomic E-state index is 12.3. The number of hydrogen-bond acceptors (Lipinski definition) is 4. The third-order valence-electron chi connectivity index (χ3n) is 4.46. The fourth-order valence-corrected chi connectivity index (χ4v) is 3.15. The Labute approximate surface area is 139 Å². The van der Waals surface area contributed by atoms with Gasteiger partial charge in [-0.1, -0.05) is 35.5 Å². The summed E-state index contributed by atoms with van der Waals surface area (Å²) in [6, 6.07) is 15.7. The Balaban J connectivity index is 1.41. The average molecular weight is 322 g/mol. The van der Waals surface area contributed by atoms with Crippen LogP contribution >= 0.6 is 0 Å². The number of rotatable bonds is 5. The molecule has 3 aromatic rings. The summed E-state index contributed by atoms with van der Waals surface area (Å²) in [5, 5.41) is 7.99. The minimum atomic E-state index is -0.0311. The molecule has 0 aliphatic heterocycles. The Morgan fingerprint density at radius 1 is 1.25 bits per heavy atom. The first-order chi connectivity index (χ1) is 11.8. The molecule has 1 aliphatic rings. The van der Waals surface area contributed by atoms with Crippen LogP contribution in [0.3, 0.4) is 0 Å². The SMILES string of the molecule is COc1ccccc1[C@@H]1C[C@H]1NC(=O)Cc1noc2ccccc12. The predicted octanol–water partition coefficient (Wildman–Crippen LogP) is 3.05. The first kappa shape index (κ1) is 14.8. The number of aromatic nitrogens is 1. The predicted molar refractivity (Wildman–Crippen MR) is 90.0 cm³/mol. The molecule has 5 heteroatoms. The number of carbonyl (C=O) groups is 1. The third kappa shape index (κ3) is 2.73. The van der Waals surface area contributed by atoms with Gasteiger partial charge >= 0.3 is 0 Å². The van der Waals surface area contributed by atoms with Crippen molar-refractivity contribution in [1.29, 1.82) is 0 Å². The lowest BCUT2D eigenvalue weighted by molar-refractivity contribution is -0.120. The Kier molecular flexibility index (Phi) is 3.69. The van der Waals surface area contributed by atoms with Crippen LogP contribution in [-0.2, 0) is 11.2 Å². The van der Waals surface area contributed by atoms with E-state index in [1.165, 1.54) is 0 Å². The molecule has 122 valence electrons. The molecule has 24 heavy (non-hydrogen) atoms. The Hall–Kier alpha value is -2.82. The highest BCUT2D eigenvalue weighted by molar-refractivity contribution is 5.86. The molecule has 0 radical (unpaired) electrons. The summed E-state index contributed by atoms with van der Waals surface area (Å²) >= 11 is 0. The van der Waals surface area contributed by atoms with Crippen LogP contribution < -0.4 is 10.1 Å². The lowest BCUT2D eigenvalue weighted by Gasteiger charge is -2.08. The van der Waals surface area contributed by atoms with E-state index in [2.05, 4.69) is 16.5 Å². The number of hydrogen-bond donors (Lipinski definition) is 1. The summed E-state index contributed by atoms with van der Waals surface area (Å²) in [6.07, 6.45) is 1.16. The maximum Gasteiger partial charge on any atom is 0.226 e. The summed E-state index contributed by atoms with van der Waals surface area (Å²) in [5.74, 6) is 1.16. The Bertz CT molecular complexity index is 887. The van der Waals surface area contributed by atoms with Crippen molar-refractivity contribution in [2.45, 2.75) is 24.8 Å². The van der Waals surface area contributed by atoms with Crippen LogP contribution in [0.1, 0.15) is 23.6 Å². The summed E-state index contributed by atoms with van der Waals surface area (Å²) < 4.78 is 10.6. The number of ether oxygens (including phenoxy) is 1. The molecule has 2 atom stereocenters. The zero-order valence-electron chi connectivity index (χ0n) is 13.4. The fourth-order valence-electron chi connectivity index (χ4n) is 3.15. The zero-order chi connectivity index (χ0) is 16.5. The molecule has 0 spiro atoms. The van der Waals surface area contributed by atoms with E-state index in [1.54, 1.807) is 7.11 Å². The number of fused-ring (bicyclic) bond motifs is 1. The van der Waals surface area contributed by atoms with E-state index in [0.717, 1.165) is 23.1 Å². The van der Waals surface area contributed by atoms with Gasteiger partial charge in [-0.15, -0.1) is 0 Å². The van der Waals surface area contributed by atoms with E-state index in [9.17, 15) is 4.79 Å². The van der Waals surface area contributed by atoms with E-state index in [-0.39, 0.29) is 18.4 Å². The molecular formula is C19H18N2O3. The van der Waals surface area contributed by atoms with Crippen LogP contribution in [0.4, 0.5) is 0 Å². The van der Waals surface area contributed by atoms with Gasteiger partial charge in [-0.25, -0.2) is 0 Å². The molecule has 1 amide bonds. The molecule has 1 N–H and O–H groups in total. The summed E-state index contributed by atoms with van der Waals surface area (Å²) in [6.45, 7) is 0. The number of nitrogens with zero attached hydrogens (tertiary/aromatic N) is 1. The number of methoxy groups -OCH3 is 1. The molecule has 1 heterocycles. The highest BCUT2D eigenvalue weighted by atomic mass is 16.5. The van der Waals surface area contributed by atoms with Crippen LogP contribution in [0.2, 0.25) is 0 Å². The lowest BCUT2D eigenvalue weighted by Crippen LogP contribution is -2.28. The van der Waals surface area contributed by atoms with Crippen LogP contribution in [-0.4, -0.2) is 24.2 Å². The standard InChI is InChI=1S/C19H18N2O3/c1-23-17-8-4-2-6-12(17)14-10-15(14)20-19(22)11-16-13-7-3-5-9-18(13)24-21-16/h2-9,14-15H,10-11H2,1H3,(H,20,22)/t14-,15+/m0/s1. The summed E-state index contributed by atoms with van der Waals surface area (Å²) in [5.41, 5.74) is 2.54. The van der Waals surface area contributed by atoms with Crippen molar-refractivity contribution < 1.29 is 14.1 Å². The average Bonchev–Trinajstić information content (AvgIpc) is 3.26. The van der Waals surface area contributed by atoms with Gasteiger partial charge in [0.25, 0.3) is 0 Å². The number of amides is 1. The quantitative estimate of drug-likeness (QED) is 0.784. The molecule has 5 nitrogen and oxygen atoms in total. The molecule has 0 bridgehead atoms. The second-order valence-electron chi connectivity index (χ2n) is 6.06. The van der Waals surface area contributed by atoms with Gasteiger partial charge in [-0.3, -0.25) is 4.79 Å². The number of para-hydroxylation sites is 2. The second-order valence-corrected chi connectivity index (χ2v) is 6.06. The van der Waals surface area contributed by atoms with Crippen molar-refractivity contribution in [3.8, 4) is 5.75 Å². The van der Waals surface area contributed by atoms with E-state index >= 15 is 0 Å². The molecule has 0 unspecified atom stereocenters. The normalized spacial score (nSPS) is 19.2. The highest BCUT2D eigenvalue weighted by Crippen LogP contribution is 2.44. The molecule has 4 rings (SSSR count). The van der Waals surface area contributed by atoms with Crippen LogP contribution in [0.25, 0.3) is 11.0 Å².